The summed E-state index contributed by atoms with van der Waals surface area (Å²) in [6.45, 7) is 1.45. The molecule has 16 heavy (non-hydrogen) atoms. The van der Waals surface area contributed by atoms with Gasteiger partial charge in [0.05, 0.1) is 0 Å². The zero-order valence-corrected chi connectivity index (χ0v) is 9.19. The van der Waals surface area contributed by atoms with Crippen LogP contribution in [0, 0.1) is 0 Å². The molecule has 0 saturated carbocycles. The fraction of sp³-hybridized carbons (Fsp3) is 0.364. The molecular weight excluding hydrogens is 208 g/mol. The summed E-state index contributed by atoms with van der Waals surface area (Å²) in [5.74, 6) is -0.0266. The van der Waals surface area contributed by atoms with Gasteiger partial charge in [-0.25, -0.2) is 4.90 Å². The van der Waals surface area contributed by atoms with Gasteiger partial charge in [-0.3, -0.25) is 14.4 Å². The first kappa shape index (κ1) is 10.6. The van der Waals surface area contributed by atoms with E-state index in [1.807, 2.05) is 0 Å². The first-order valence-electron chi connectivity index (χ1n) is 5.04. The van der Waals surface area contributed by atoms with Crippen LogP contribution in [0.15, 0.2) is 12.3 Å². The van der Waals surface area contributed by atoms with Crippen LogP contribution in [0.4, 0.5) is 5.82 Å². The van der Waals surface area contributed by atoms with E-state index in [1.54, 1.807) is 23.9 Å². The SMILES string of the molecule is CC(=O)c1cc(N2C(=O)CCC2=O)n(C)c1. The van der Waals surface area contributed by atoms with Crippen molar-refractivity contribution in [1.29, 1.82) is 0 Å². The van der Waals surface area contributed by atoms with Crippen LogP contribution in [0.3, 0.4) is 0 Å². The Balaban J connectivity index is 2.44. The Labute approximate surface area is 92.6 Å². The monoisotopic (exact) mass is 220 g/mol. The predicted molar refractivity (Wildman–Crippen MR) is 57.1 cm³/mol. The summed E-state index contributed by atoms with van der Waals surface area (Å²) < 4.78 is 1.62. The van der Waals surface area contributed by atoms with Crippen molar-refractivity contribution in [2.75, 3.05) is 4.90 Å². The molecular formula is C11H12N2O3. The highest BCUT2D eigenvalue weighted by Gasteiger charge is 2.32. The number of anilines is 1. The standard InChI is InChI=1S/C11H12N2O3/c1-7(14)8-5-9(12(2)6-8)13-10(15)3-4-11(13)16/h5-6H,3-4H2,1-2H3. The molecule has 5 nitrogen and oxygen atoms in total. The van der Waals surface area contributed by atoms with Crippen LogP contribution in [0.1, 0.15) is 30.1 Å². The molecule has 0 radical (unpaired) electrons. The Morgan fingerprint density at radius 3 is 2.25 bits per heavy atom. The smallest absolute Gasteiger partial charge is 0.235 e. The Kier molecular flexibility index (Phi) is 2.38. The molecule has 1 aliphatic rings. The van der Waals surface area contributed by atoms with E-state index in [1.165, 1.54) is 6.92 Å². The number of hydrogen-bond donors (Lipinski definition) is 0. The van der Waals surface area contributed by atoms with Crippen LogP contribution >= 0.6 is 0 Å². The Bertz CT molecular complexity index is 471. The first-order valence-corrected chi connectivity index (χ1v) is 5.04. The topological polar surface area (TPSA) is 59.4 Å². The quantitative estimate of drug-likeness (QED) is 0.549. The van der Waals surface area contributed by atoms with Gasteiger partial charge >= 0.3 is 0 Å². The molecule has 0 spiro atoms. The average Bonchev–Trinajstić information content (AvgIpc) is 2.71. The normalized spacial score (nSPS) is 16.0. The number of amides is 2. The van der Waals surface area contributed by atoms with Crippen molar-refractivity contribution in [3.8, 4) is 0 Å². The van der Waals surface area contributed by atoms with E-state index in [4.69, 9.17) is 0 Å². The summed E-state index contributed by atoms with van der Waals surface area (Å²) in [5.41, 5.74) is 0.505. The highest BCUT2D eigenvalue weighted by atomic mass is 16.2. The second-order valence-electron chi connectivity index (χ2n) is 3.88. The number of aryl methyl sites for hydroxylation is 1. The lowest BCUT2D eigenvalue weighted by Gasteiger charge is -2.13. The summed E-state index contributed by atoms with van der Waals surface area (Å²) in [5, 5.41) is 0. The first-order chi connectivity index (χ1) is 7.50. The lowest BCUT2D eigenvalue weighted by atomic mass is 10.2. The maximum atomic E-state index is 11.5. The van der Waals surface area contributed by atoms with E-state index in [0.717, 1.165) is 4.90 Å². The largest absolute Gasteiger partial charge is 0.336 e. The second-order valence-corrected chi connectivity index (χ2v) is 3.88. The van der Waals surface area contributed by atoms with Crippen molar-refractivity contribution >= 4 is 23.4 Å². The molecule has 2 rings (SSSR count). The summed E-state index contributed by atoms with van der Waals surface area (Å²) >= 11 is 0. The van der Waals surface area contributed by atoms with Crippen LogP contribution < -0.4 is 4.90 Å². The Morgan fingerprint density at radius 1 is 1.25 bits per heavy atom. The molecule has 1 saturated heterocycles. The lowest BCUT2D eigenvalue weighted by Crippen LogP contribution is -2.30. The van der Waals surface area contributed by atoms with Gasteiger partial charge in [-0.15, -0.1) is 0 Å². The third-order valence-electron chi connectivity index (χ3n) is 2.67. The van der Waals surface area contributed by atoms with Gasteiger partial charge in [0, 0.05) is 31.6 Å². The number of carbonyl (C=O) groups is 3. The molecule has 0 bridgehead atoms. The van der Waals surface area contributed by atoms with Crippen LogP contribution in [0.2, 0.25) is 0 Å². The van der Waals surface area contributed by atoms with Gasteiger partial charge in [0.25, 0.3) is 0 Å². The van der Waals surface area contributed by atoms with Crippen molar-refractivity contribution in [3.63, 3.8) is 0 Å². The fourth-order valence-corrected chi connectivity index (χ4v) is 1.80. The van der Waals surface area contributed by atoms with Gasteiger partial charge in [-0.1, -0.05) is 0 Å². The maximum Gasteiger partial charge on any atom is 0.235 e. The highest BCUT2D eigenvalue weighted by Crippen LogP contribution is 2.24. The minimum atomic E-state index is -0.207. The van der Waals surface area contributed by atoms with Crippen molar-refractivity contribution < 1.29 is 14.4 Å². The molecule has 0 aliphatic carbocycles. The zero-order valence-electron chi connectivity index (χ0n) is 9.19. The van der Waals surface area contributed by atoms with Crippen molar-refractivity contribution in [2.24, 2.45) is 7.05 Å². The van der Waals surface area contributed by atoms with E-state index >= 15 is 0 Å². The Morgan fingerprint density at radius 2 is 1.81 bits per heavy atom. The van der Waals surface area contributed by atoms with Crippen LogP contribution in [-0.4, -0.2) is 22.2 Å². The second kappa shape index (κ2) is 3.59. The van der Waals surface area contributed by atoms with Gasteiger partial charge in [-0.05, 0) is 13.0 Å². The van der Waals surface area contributed by atoms with E-state index in [-0.39, 0.29) is 30.4 Å². The minimum Gasteiger partial charge on any atom is -0.336 e. The lowest BCUT2D eigenvalue weighted by molar-refractivity contribution is -0.121. The van der Waals surface area contributed by atoms with Crippen molar-refractivity contribution in [1.82, 2.24) is 4.57 Å². The third kappa shape index (κ3) is 1.54. The average molecular weight is 220 g/mol. The molecule has 2 heterocycles. The summed E-state index contributed by atoms with van der Waals surface area (Å²) in [6.07, 6.45) is 2.12. The predicted octanol–water partition coefficient (Wildman–Crippen LogP) is 0.881. The van der Waals surface area contributed by atoms with Gasteiger partial charge in [0.2, 0.25) is 11.8 Å². The van der Waals surface area contributed by atoms with E-state index in [9.17, 15) is 14.4 Å². The molecule has 0 atom stereocenters. The number of hydrogen-bond acceptors (Lipinski definition) is 3. The summed E-state index contributed by atoms with van der Waals surface area (Å²) in [7, 11) is 1.71. The highest BCUT2D eigenvalue weighted by molar-refractivity contribution is 6.19. The molecule has 0 unspecified atom stereocenters. The maximum absolute atomic E-state index is 11.5. The number of Topliss-reactive ketones (excluding diaryl/α,β-unsaturated/α-hetero) is 1. The van der Waals surface area contributed by atoms with Gasteiger partial charge < -0.3 is 4.57 Å². The number of carbonyl (C=O) groups excluding carboxylic acids is 3. The molecule has 1 fully saturated rings. The van der Waals surface area contributed by atoms with Crippen molar-refractivity contribution in [3.05, 3.63) is 17.8 Å². The molecule has 0 aromatic carbocycles. The van der Waals surface area contributed by atoms with E-state index in [0.29, 0.717) is 11.4 Å². The number of nitrogens with zero attached hydrogens (tertiary/aromatic N) is 2. The number of rotatable bonds is 2. The molecule has 0 N–H and O–H groups in total. The van der Waals surface area contributed by atoms with Gasteiger partial charge in [-0.2, -0.15) is 0 Å². The van der Waals surface area contributed by atoms with Crippen molar-refractivity contribution in [2.45, 2.75) is 19.8 Å². The van der Waals surface area contributed by atoms with Crippen LogP contribution in [0.5, 0.6) is 0 Å². The van der Waals surface area contributed by atoms with Gasteiger partial charge in [0.1, 0.15) is 5.82 Å². The number of imide groups is 1. The molecule has 84 valence electrons. The molecule has 1 aliphatic heterocycles. The fourth-order valence-electron chi connectivity index (χ4n) is 1.80. The van der Waals surface area contributed by atoms with E-state index in [2.05, 4.69) is 0 Å². The third-order valence-corrected chi connectivity index (χ3v) is 2.67. The molecule has 5 heteroatoms. The summed E-state index contributed by atoms with van der Waals surface area (Å²) in [4.78, 5) is 35.4. The van der Waals surface area contributed by atoms with Crippen LogP contribution in [0.25, 0.3) is 0 Å². The Hall–Kier alpha value is -1.91. The summed E-state index contributed by atoms with van der Waals surface area (Å²) in [6, 6.07) is 1.57. The molecule has 2 amide bonds. The molecule has 1 aromatic rings. The van der Waals surface area contributed by atoms with Gasteiger partial charge in [0.15, 0.2) is 5.78 Å². The number of ketones is 1. The number of aromatic nitrogens is 1. The van der Waals surface area contributed by atoms with Crippen LogP contribution in [-0.2, 0) is 16.6 Å². The zero-order chi connectivity index (χ0) is 11.9. The molecule has 1 aromatic heterocycles. The van der Waals surface area contributed by atoms with E-state index < -0.39 is 0 Å². The minimum absolute atomic E-state index is 0.0825.